The Balaban J connectivity index is 2.23. The molecule has 126 valence electrons. The summed E-state index contributed by atoms with van der Waals surface area (Å²) in [7, 11) is 0. The van der Waals surface area contributed by atoms with Gasteiger partial charge in [-0.15, -0.1) is 0 Å². The number of halogens is 3. The SMILES string of the molecule is O=C(O)NC(C(=O)Nc1cccc(C(F)(F)F)c1)c1ccccc1. The van der Waals surface area contributed by atoms with Crippen molar-refractivity contribution in [3.05, 3.63) is 65.7 Å². The molecule has 2 aromatic rings. The fraction of sp³-hybridized carbons (Fsp3) is 0.125. The Morgan fingerprint density at radius 2 is 1.67 bits per heavy atom. The predicted molar refractivity (Wildman–Crippen MR) is 80.4 cm³/mol. The van der Waals surface area contributed by atoms with Gasteiger partial charge in [0.1, 0.15) is 6.04 Å². The Morgan fingerprint density at radius 3 is 2.25 bits per heavy atom. The van der Waals surface area contributed by atoms with Gasteiger partial charge in [0.15, 0.2) is 0 Å². The fourth-order valence-corrected chi connectivity index (χ4v) is 2.06. The third-order valence-electron chi connectivity index (χ3n) is 3.12. The summed E-state index contributed by atoms with van der Waals surface area (Å²) in [6.45, 7) is 0. The fourth-order valence-electron chi connectivity index (χ4n) is 2.06. The molecule has 0 bridgehead atoms. The van der Waals surface area contributed by atoms with E-state index in [0.717, 1.165) is 18.2 Å². The lowest BCUT2D eigenvalue weighted by Gasteiger charge is -2.17. The van der Waals surface area contributed by atoms with Crippen molar-refractivity contribution in [2.24, 2.45) is 0 Å². The highest BCUT2D eigenvalue weighted by Gasteiger charge is 2.31. The van der Waals surface area contributed by atoms with Crippen molar-refractivity contribution in [2.45, 2.75) is 12.2 Å². The minimum absolute atomic E-state index is 0.0806. The van der Waals surface area contributed by atoms with Crippen molar-refractivity contribution in [1.29, 1.82) is 0 Å². The quantitative estimate of drug-likeness (QED) is 0.796. The Kier molecular flexibility index (Phi) is 5.08. The average molecular weight is 338 g/mol. The van der Waals surface area contributed by atoms with Crippen molar-refractivity contribution in [1.82, 2.24) is 5.32 Å². The summed E-state index contributed by atoms with van der Waals surface area (Å²) in [5, 5.41) is 13.2. The summed E-state index contributed by atoms with van der Waals surface area (Å²) in [6.07, 6.45) is -5.97. The first-order valence-electron chi connectivity index (χ1n) is 6.80. The monoisotopic (exact) mass is 338 g/mol. The third kappa shape index (κ3) is 4.48. The van der Waals surface area contributed by atoms with E-state index in [1.54, 1.807) is 18.2 Å². The third-order valence-corrected chi connectivity index (χ3v) is 3.12. The molecule has 1 unspecified atom stereocenters. The minimum Gasteiger partial charge on any atom is -0.465 e. The summed E-state index contributed by atoms with van der Waals surface area (Å²) < 4.78 is 38.1. The molecular weight excluding hydrogens is 325 g/mol. The molecule has 0 aliphatic heterocycles. The predicted octanol–water partition coefficient (Wildman–Crippen LogP) is 3.65. The van der Waals surface area contributed by atoms with Crippen molar-refractivity contribution in [3.63, 3.8) is 0 Å². The van der Waals surface area contributed by atoms with Crippen molar-refractivity contribution < 1.29 is 27.9 Å². The van der Waals surface area contributed by atoms with Crippen LogP contribution in [0.25, 0.3) is 0 Å². The number of amides is 2. The zero-order valence-electron chi connectivity index (χ0n) is 12.2. The van der Waals surface area contributed by atoms with Crippen LogP contribution < -0.4 is 10.6 Å². The molecule has 2 amide bonds. The topological polar surface area (TPSA) is 78.4 Å². The first-order chi connectivity index (χ1) is 11.3. The maximum Gasteiger partial charge on any atom is 0.416 e. The largest absolute Gasteiger partial charge is 0.465 e. The first-order valence-corrected chi connectivity index (χ1v) is 6.80. The van der Waals surface area contributed by atoms with E-state index < -0.39 is 29.8 Å². The molecule has 1 atom stereocenters. The number of hydrogen-bond donors (Lipinski definition) is 3. The van der Waals surface area contributed by atoms with Crippen LogP contribution in [-0.4, -0.2) is 17.1 Å². The number of nitrogens with one attached hydrogen (secondary N) is 2. The molecule has 3 N–H and O–H groups in total. The standard InChI is InChI=1S/C16H13F3N2O3/c17-16(18,19)11-7-4-8-12(9-11)20-14(22)13(21-15(23)24)10-5-2-1-3-6-10/h1-9,13,21H,(H,20,22)(H,23,24). The maximum atomic E-state index is 12.7. The highest BCUT2D eigenvalue weighted by Crippen LogP contribution is 2.30. The zero-order chi connectivity index (χ0) is 17.7. The van der Waals surface area contributed by atoms with Crippen LogP contribution in [-0.2, 0) is 11.0 Å². The molecule has 0 spiro atoms. The van der Waals surface area contributed by atoms with Crippen LogP contribution in [0.2, 0.25) is 0 Å². The first kappa shape index (κ1) is 17.3. The molecular formula is C16H13F3N2O3. The van der Waals surface area contributed by atoms with Gasteiger partial charge in [-0.05, 0) is 23.8 Å². The molecule has 5 nitrogen and oxygen atoms in total. The molecule has 0 fully saturated rings. The van der Waals surface area contributed by atoms with Gasteiger partial charge in [0.05, 0.1) is 5.56 Å². The number of carboxylic acid groups (broad SMARTS) is 1. The van der Waals surface area contributed by atoms with Crippen LogP contribution in [0.3, 0.4) is 0 Å². The number of anilines is 1. The van der Waals surface area contributed by atoms with E-state index in [9.17, 15) is 22.8 Å². The highest BCUT2D eigenvalue weighted by atomic mass is 19.4. The van der Waals surface area contributed by atoms with E-state index in [1.165, 1.54) is 18.2 Å². The smallest absolute Gasteiger partial charge is 0.416 e. The Bertz CT molecular complexity index is 733. The Hall–Kier alpha value is -3.03. The summed E-state index contributed by atoms with van der Waals surface area (Å²) >= 11 is 0. The van der Waals surface area contributed by atoms with E-state index in [-0.39, 0.29) is 5.69 Å². The summed E-state index contributed by atoms with van der Waals surface area (Å²) in [5.41, 5.74) is -0.630. The number of carbonyl (C=O) groups is 2. The van der Waals surface area contributed by atoms with Crippen LogP contribution in [0.15, 0.2) is 54.6 Å². The Labute approximate surface area is 135 Å². The maximum absolute atomic E-state index is 12.7. The number of alkyl halides is 3. The van der Waals surface area contributed by atoms with Crippen molar-refractivity contribution >= 4 is 17.7 Å². The second-order valence-corrected chi connectivity index (χ2v) is 4.86. The molecule has 0 aliphatic carbocycles. The van der Waals surface area contributed by atoms with E-state index in [0.29, 0.717) is 5.56 Å². The zero-order valence-corrected chi connectivity index (χ0v) is 12.2. The van der Waals surface area contributed by atoms with Crippen LogP contribution in [0.1, 0.15) is 17.2 Å². The van der Waals surface area contributed by atoms with E-state index in [4.69, 9.17) is 5.11 Å². The second-order valence-electron chi connectivity index (χ2n) is 4.86. The number of rotatable bonds is 4. The summed E-state index contributed by atoms with van der Waals surface area (Å²) in [6, 6.07) is 10.8. The second kappa shape index (κ2) is 7.03. The molecule has 24 heavy (non-hydrogen) atoms. The Morgan fingerprint density at radius 1 is 1.00 bits per heavy atom. The van der Waals surface area contributed by atoms with Crippen LogP contribution in [0.4, 0.5) is 23.7 Å². The van der Waals surface area contributed by atoms with Gasteiger partial charge in [0.25, 0.3) is 5.91 Å². The molecule has 0 saturated carbocycles. The molecule has 8 heteroatoms. The van der Waals surface area contributed by atoms with E-state index >= 15 is 0 Å². The molecule has 0 radical (unpaired) electrons. The van der Waals surface area contributed by atoms with Crippen molar-refractivity contribution in [2.75, 3.05) is 5.32 Å². The van der Waals surface area contributed by atoms with Gasteiger partial charge < -0.3 is 15.7 Å². The normalized spacial score (nSPS) is 12.3. The van der Waals surface area contributed by atoms with Gasteiger partial charge in [-0.3, -0.25) is 4.79 Å². The van der Waals surface area contributed by atoms with Gasteiger partial charge in [-0.2, -0.15) is 13.2 Å². The van der Waals surface area contributed by atoms with Gasteiger partial charge >= 0.3 is 12.3 Å². The lowest BCUT2D eigenvalue weighted by atomic mass is 10.1. The lowest BCUT2D eigenvalue weighted by Crippen LogP contribution is -2.36. The van der Waals surface area contributed by atoms with E-state index in [1.807, 2.05) is 5.32 Å². The number of hydrogen-bond acceptors (Lipinski definition) is 2. The van der Waals surface area contributed by atoms with Gasteiger partial charge in [0, 0.05) is 5.69 Å². The summed E-state index contributed by atoms with van der Waals surface area (Å²) in [4.78, 5) is 23.2. The van der Waals surface area contributed by atoms with Gasteiger partial charge in [0.2, 0.25) is 0 Å². The van der Waals surface area contributed by atoms with Crippen LogP contribution in [0.5, 0.6) is 0 Å². The van der Waals surface area contributed by atoms with Gasteiger partial charge in [-0.25, -0.2) is 4.79 Å². The average Bonchev–Trinajstić information content (AvgIpc) is 2.52. The molecule has 2 rings (SSSR count). The molecule has 0 aliphatic rings. The molecule has 0 heterocycles. The van der Waals surface area contributed by atoms with Gasteiger partial charge in [-0.1, -0.05) is 36.4 Å². The summed E-state index contributed by atoms with van der Waals surface area (Å²) in [5.74, 6) is -0.789. The van der Waals surface area contributed by atoms with E-state index in [2.05, 4.69) is 5.32 Å². The van der Waals surface area contributed by atoms with Crippen LogP contribution >= 0.6 is 0 Å². The number of carbonyl (C=O) groups excluding carboxylic acids is 1. The molecule has 0 saturated heterocycles. The number of benzene rings is 2. The highest BCUT2D eigenvalue weighted by molar-refractivity contribution is 5.97. The van der Waals surface area contributed by atoms with Crippen LogP contribution in [0, 0.1) is 0 Å². The molecule has 0 aromatic heterocycles. The lowest BCUT2D eigenvalue weighted by molar-refractivity contribution is -0.137. The minimum atomic E-state index is -4.54. The van der Waals surface area contributed by atoms with Crippen molar-refractivity contribution in [3.8, 4) is 0 Å². The molecule has 2 aromatic carbocycles.